The molecule has 0 spiro atoms. The van der Waals surface area contributed by atoms with Crippen LogP contribution in [0.5, 0.6) is 0 Å². The van der Waals surface area contributed by atoms with Crippen molar-refractivity contribution >= 4 is 11.7 Å². The van der Waals surface area contributed by atoms with Gasteiger partial charge in [0.15, 0.2) is 0 Å². The highest BCUT2D eigenvalue weighted by Crippen LogP contribution is 2.12. The molecule has 1 aliphatic heterocycles. The van der Waals surface area contributed by atoms with Crippen molar-refractivity contribution in [2.75, 3.05) is 45.6 Å². The second-order valence-corrected chi connectivity index (χ2v) is 6.08. The van der Waals surface area contributed by atoms with E-state index in [4.69, 9.17) is 0 Å². The Kier molecular flexibility index (Phi) is 6.58. The number of likely N-dealkylation sites (tertiary alicyclic amines) is 1. The van der Waals surface area contributed by atoms with Crippen molar-refractivity contribution in [1.82, 2.24) is 19.8 Å². The van der Waals surface area contributed by atoms with E-state index in [9.17, 15) is 4.79 Å². The number of nitrogens with one attached hydrogen (secondary N) is 1. The van der Waals surface area contributed by atoms with Gasteiger partial charge in [0.2, 0.25) is 0 Å². The monoisotopic (exact) mass is 305 g/mol. The summed E-state index contributed by atoms with van der Waals surface area (Å²) < 4.78 is 0. The Bertz CT molecular complexity index is 452. The van der Waals surface area contributed by atoms with Crippen molar-refractivity contribution in [3.8, 4) is 0 Å². The van der Waals surface area contributed by atoms with Crippen LogP contribution in [0.3, 0.4) is 0 Å². The van der Waals surface area contributed by atoms with Gasteiger partial charge in [0, 0.05) is 19.6 Å². The summed E-state index contributed by atoms with van der Waals surface area (Å²) in [6.07, 6.45) is 8.89. The van der Waals surface area contributed by atoms with Crippen LogP contribution >= 0.6 is 0 Å². The number of anilines is 1. The Hall–Kier alpha value is -1.69. The lowest BCUT2D eigenvalue weighted by Gasteiger charge is -2.19. The van der Waals surface area contributed by atoms with E-state index < -0.39 is 0 Å². The third kappa shape index (κ3) is 5.26. The Balaban J connectivity index is 1.83. The maximum Gasteiger partial charge on any atom is 0.274 e. The quantitative estimate of drug-likeness (QED) is 0.813. The molecule has 1 amide bonds. The Morgan fingerprint density at radius 2 is 1.91 bits per heavy atom. The predicted molar refractivity (Wildman–Crippen MR) is 88.1 cm³/mol. The Morgan fingerprint density at radius 1 is 1.18 bits per heavy atom. The van der Waals surface area contributed by atoms with Crippen molar-refractivity contribution in [1.29, 1.82) is 0 Å². The Morgan fingerprint density at radius 3 is 2.50 bits per heavy atom. The van der Waals surface area contributed by atoms with Gasteiger partial charge in [-0.3, -0.25) is 4.79 Å². The first-order valence-electron chi connectivity index (χ1n) is 8.17. The molecule has 2 heterocycles. The zero-order valence-electron chi connectivity index (χ0n) is 13.7. The number of nitrogens with zero attached hydrogens (tertiary/aromatic N) is 4. The summed E-state index contributed by atoms with van der Waals surface area (Å²) in [5.74, 6) is 0.736. The molecule has 6 heteroatoms. The smallest absolute Gasteiger partial charge is 0.274 e. The fourth-order valence-corrected chi connectivity index (χ4v) is 2.58. The van der Waals surface area contributed by atoms with Gasteiger partial charge in [0.25, 0.3) is 5.91 Å². The molecule has 0 bridgehead atoms. The van der Waals surface area contributed by atoms with E-state index >= 15 is 0 Å². The van der Waals surface area contributed by atoms with E-state index in [0.717, 1.165) is 51.3 Å². The van der Waals surface area contributed by atoms with Gasteiger partial charge in [-0.25, -0.2) is 9.97 Å². The van der Waals surface area contributed by atoms with E-state index in [0.29, 0.717) is 5.69 Å². The molecule has 122 valence electrons. The maximum atomic E-state index is 12.4. The second kappa shape index (κ2) is 8.68. The number of carbonyl (C=O) groups is 1. The molecule has 0 saturated carbocycles. The van der Waals surface area contributed by atoms with Crippen molar-refractivity contribution < 1.29 is 4.79 Å². The fraction of sp³-hybridized carbons (Fsp3) is 0.688. The van der Waals surface area contributed by atoms with Crippen LogP contribution in [0.15, 0.2) is 12.4 Å². The third-order valence-electron chi connectivity index (χ3n) is 3.85. The molecule has 1 N–H and O–H groups in total. The number of hydrogen-bond donors (Lipinski definition) is 1. The van der Waals surface area contributed by atoms with Crippen LogP contribution in [0.1, 0.15) is 42.6 Å². The van der Waals surface area contributed by atoms with Gasteiger partial charge in [-0.05, 0) is 39.9 Å². The van der Waals surface area contributed by atoms with E-state index in [1.54, 1.807) is 12.4 Å². The molecule has 1 aliphatic rings. The number of aromatic nitrogens is 2. The fourth-order valence-electron chi connectivity index (χ4n) is 2.58. The first-order valence-corrected chi connectivity index (χ1v) is 8.17. The summed E-state index contributed by atoms with van der Waals surface area (Å²) in [7, 11) is 4.12. The minimum Gasteiger partial charge on any atom is -0.369 e. The SMILES string of the molecule is CN(C)CCCNc1cnc(C(=O)N2CCCCCC2)cn1. The van der Waals surface area contributed by atoms with Gasteiger partial charge >= 0.3 is 0 Å². The summed E-state index contributed by atoms with van der Waals surface area (Å²) in [5.41, 5.74) is 0.445. The molecule has 0 radical (unpaired) electrons. The third-order valence-corrected chi connectivity index (χ3v) is 3.85. The summed E-state index contributed by atoms with van der Waals surface area (Å²) in [5, 5.41) is 3.23. The van der Waals surface area contributed by atoms with Gasteiger partial charge in [0.05, 0.1) is 12.4 Å². The average Bonchev–Trinajstić information content (AvgIpc) is 2.80. The van der Waals surface area contributed by atoms with Crippen LogP contribution in [0.2, 0.25) is 0 Å². The molecule has 1 aromatic rings. The lowest BCUT2D eigenvalue weighted by molar-refractivity contribution is 0.0755. The molecule has 6 nitrogen and oxygen atoms in total. The van der Waals surface area contributed by atoms with Crippen LogP contribution in [0, 0.1) is 0 Å². The van der Waals surface area contributed by atoms with Gasteiger partial charge in [0.1, 0.15) is 11.5 Å². The standard InChI is InChI=1S/C16H27N5O/c1-20(2)9-7-8-17-15-13-18-14(12-19-15)16(22)21-10-5-3-4-6-11-21/h12-13H,3-11H2,1-2H3,(H,17,19). The van der Waals surface area contributed by atoms with Gasteiger partial charge in [-0.1, -0.05) is 12.8 Å². The normalized spacial score (nSPS) is 15.7. The molecule has 0 aromatic carbocycles. The molecule has 0 unspecified atom stereocenters. The lowest BCUT2D eigenvalue weighted by Crippen LogP contribution is -2.32. The van der Waals surface area contributed by atoms with Gasteiger partial charge < -0.3 is 15.1 Å². The van der Waals surface area contributed by atoms with E-state index in [1.165, 1.54) is 12.8 Å². The van der Waals surface area contributed by atoms with E-state index in [-0.39, 0.29) is 5.91 Å². The molecule has 22 heavy (non-hydrogen) atoms. The summed E-state index contributed by atoms with van der Waals surface area (Å²) >= 11 is 0. The van der Waals surface area contributed by atoms with Gasteiger partial charge in [-0.15, -0.1) is 0 Å². The first-order chi connectivity index (χ1) is 10.7. The number of amides is 1. The lowest BCUT2D eigenvalue weighted by atomic mass is 10.2. The molecule has 0 aliphatic carbocycles. The topological polar surface area (TPSA) is 61.4 Å². The van der Waals surface area contributed by atoms with E-state index in [1.807, 2.05) is 4.90 Å². The number of hydrogen-bond acceptors (Lipinski definition) is 5. The van der Waals surface area contributed by atoms with Crippen molar-refractivity contribution in [3.63, 3.8) is 0 Å². The van der Waals surface area contributed by atoms with Crippen LogP contribution in [0.4, 0.5) is 5.82 Å². The van der Waals surface area contributed by atoms with Crippen molar-refractivity contribution in [2.24, 2.45) is 0 Å². The first kappa shape index (κ1) is 16.7. The number of rotatable bonds is 6. The van der Waals surface area contributed by atoms with Crippen molar-refractivity contribution in [2.45, 2.75) is 32.1 Å². The van der Waals surface area contributed by atoms with Gasteiger partial charge in [-0.2, -0.15) is 0 Å². The molecular weight excluding hydrogens is 278 g/mol. The predicted octanol–water partition coefficient (Wildman–Crippen LogP) is 1.86. The molecule has 0 atom stereocenters. The van der Waals surface area contributed by atoms with Crippen LogP contribution < -0.4 is 5.32 Å². The summed E-state index contributed by atoms with van der Waals surface area (Å²) in [6.45, 7) is 3.56. The molecule has 1 aromatic heterocycles. The Labute approximate surface area is 132 Å². The zero-order valence-corrected chi connectivity index (χ0v) is 13.7. The molecular formula is C16H27N5O. The maximum absolute atomic E-state index is 12.4. The highest BCUT2D eigenvalue weighted by molar-refractivity contribution is 5.92. The zero-order chi connectivity index (χ0) is 15.8. The second-order valence-electron chi connectivity index (χ2n) is 6.08. The highest BCUT2D eigenvalue weighted by Gasteiger charge is 2.18. The highest BCUT2D eigenvalue weighted by atomic mass is 16.2. The average molecular weight is 305 g/mol. The molecule has 1 fully saturated rings. The van der Waals surface area contributed by atoms with Crippen LogP contribution in [-0.2, 0) is 0 Å². The van der Waals surface area contributed by atoms with Crippen LogP contribution in [0.25, 0.3) is 0 Å². The van der Waals surface area contributed by atoms with Crippen molar-refractivity contribution in [3.05, 3.63) is 18.1 Å². The minimum absolute atomic E-state index is 0.00792. The summed E-state index contributed by atoms with van der Waals surface area (Å²) in [6, 6.07) is 0. The number of carbonyl (C=O) groups excluding carboxylic acids is 1. The molecule has 1 saturated heterocycles. The van der Waals surface area contributed by atoms with E-state index in [2.05, 4.69) is 34.3 Å². The molecule has 2 rings (SSSR count). The minimum atomic E-state index is 0.00792. The largest absolute Gasteiger partial charge is 0.369 e. The van der Waals surface area contributed by atoms with Crippen LogP contribution in [-0.4, -0.2) is 65.9 Å². The summed E-state index contributed by atoms with van der Waals surface area (Å²) in [4.78, 5) is 25.0.